The monoisotopic (exact) mass is 546 g/mol. The van der Waals surface area contributed by atoms with Crippen LogP contribution in [0.3, 0.4) is 0 Å². The lowest BCUT2D eigenvalue weighted by Crippen LogP contribution is -2.34. The molecule has 0 aliphatic carbocycles. The van der Waals surface area contributed by atoms with Gasteiger partial charge in [-0.2, -0.15) is 0 Å². The number of allylic oxidation sites excluding steroid dienone is 1. The number of anilines is 1. The molecule has 0 amide bonds. The normalized spacial score (nSPS) is 13.2. The standard InChI is InChI=1S/C30H28Cl2N4O2/c1-6-26(35(3)7-2)30(34-37,21-13-16-23(31)17-14-21)22-15-18-25-24(19-22)28(32)27(20-11-9-8-10-12-20)29(33-25)36(4)38-5/h6-19H,2H2,1,3-5H3/b26-6-. The molecule has 8 heteroatoms. The summed E-state index contributed by atoms with van der Waals surface area (Å²) in [5.74, 6) is 0.571. The zero-order valence-corrected chi connectivity index (χ0v) is 23.2. The van der Waals surface area contributed by atoms with Crippen LogP contribution in [-0.4, -0.2) is 31.1 Å². The number of nitroso groups, excluding NO2 is 1. The number of hydrogen-bond acceptors (Lipinski definition) is 6. The number of aromatic nitrogens is 1. The van der Waals surface area contributed by atoms with Gasteiger partial charge in [0.05, 0.1) is 23.3 Å². The molecule has 0 aliphatic rings. The molecule has 0 bridgehead atoms. The summed E-state index contributed by atoms with van der Waals surface area (Å²) in [4.78, 5) is 25.1. The molecule has 4 rings (SSSR count). The van der Waals surface area contributed by atoms with Crippen molar-refractivity contribution in [3.05, 3.63) is 123 Å². The first-order chi connectivity index (χ1) is 18.3. The van der Waals surface area contributed by atoms with Gasteiger partial charge < -0.3 is 4.90 Å². The van der Waals surface area contributed by atoms with Gasteiger partial charge in [-0.3, -0.25) is 4.84 Å². The fourth-order valence-corrected chi connectivity index (χ4v) is 5.15. The molecule has 1 atom stereocenters. The molecule has 1 heterocycles. The van der Waals surface area contributed by atoms with Gasteiger partial charge in [0.15, 0.2) is 11.4 Å². The summed E-state index contributed by atoms with van der Waals surface area (Å²) in [5, 5.41) is 7.05. The molecule has 0 fully saturated rings. The third kappa shape index (κ3) is 4.67. The number of benzene rings is 3. The van der Waals surface area contributed by atoms with Crippen molar-refractivity contribution in [2.75, 3.05) is 26.3 Å². The van der Waals surface area contributed by atoms with Crippen LogP contribution in [0, 0.1) is 4.91 Å². The van der Waals surface area contributed by atoms with Gasteiger partial charge in [-0.25, -0.2) is 10.0 Å². The van der Waals surface area contributed by atoms with Crippen LogP contribution < -0.4 is 5.06 Å². The Balaban J connectivity index is 2.08. The molecular formula is C30H28Cl2N4O2. The highest BCUT2D eigenvalue weighted by atomic mass is 35.5. The van der Waals surface area contributed by atoms with E-state index in [1.807, 2.05) is 68.6 Å². The number of pyridine rings is 1. The molecule has 1 aromatic heterocycles. The molecule has 3 aromatic carbocycles. The van der Waals surface area contributed by atoms with Crippen LogP contribution in [0.4, 0.5) is 5.82 Å². The molecule has 0 saturated carbocycles. The number of rotatable bonds is 9. The van der Waals surface area contributed by atoms with Gasteiger partial charge in [-0.05, 0) is 59.3 Å². The number of nitrogens with zero attached hydrogens (tertiary/aromatic N) is 4. The Kier molecular flexibility index (Phi) is 8.17. The van der Waals surface area contributed by atoms with Crippen molar-refractivity contribution in [3.8, 4) is 11.1 Å². The molecule has 4 aromatic rings. The molecule has 0 radical (unpaired) electrons. The minimum absolute atomic E-state index is 0.483. The Labute approximate surface area is 232 Å². The van der Waals surface area contributed by atoms with E-state index in [9.17, 15) is 4.91 Å². The van der Waals surface area contributed by atoms with Gasteiger partial charge >= 0.3 is 0 Å². The lowest BCUT2D eigenvalue weighted by Gasteiger charge is -2.35. The summed E-state index contributed by atoms with van der Waals surface area (Å²) >= 11 is 13.3. The first-order valence-electron chi connectivity index (χ1n) is 11.9. The maximum absolute atomic E-state index is 13.0. The molecular weight excluding hydrogens is 519 g/mol. The van der Waals surface area contributed by atoms with Crippen LogP contribution in [0.2, 0.25) is 10.0 Å². The van der Waals surface area contributed by atoms with Crippen molar-refractivity contribution in [1.29, 1.82) is 0 Å². The van der Waals surface area contributed by atoms with Gasteiger partial charge in [0.2, 0.25) is 0 Å². The Morgan fingerprint density at radius 2 is 1.68 bits per heavy atom. The van der Waals surface area contributed by atoms with Crippen molar-refractivity contribution in [2.45, 2.75) is 12.5 Å². The number of hydrogen-bond donors (Lipinski definition) is 0. The summed E-state index contributed by atoms with van der Waals surface area (Å²) in [7, 11) is 5.17. The topological polar surface area (TPSA) is 58.0 Å². The summed E-state index contributed by atoms with van der Waals surface area (Å²) < 4.78 is 0. The van der Waals surface area contributed by atoms with E-state index in [2.05, 4.69) is 11.8 Å². The Hall–Kier alpha value is -3.71. The van der Waals surface area contributed by atoms with E-state index < -0.39 is 5.54 Å². The summed E-state index contributed by atoms with van der Waals surface area (Å²) in [6.07, 6.45) is 3.49. The van der Waals surface area contributed by atoms with Crippen molar-refractivity contribution in [2.24, 2.45) is 5.18 Å². The van der Waals surface area contributed by atoms with E-state index in [1.54, 1.807) is 54.6 Å². The number of likely N-dealkylation sites (N-methyl/N-ethyl adjacent to an activating group) is 1. The Morgan fingerprint density at radius 1 is 1.03 bits per heavy atom. The van der Waals surface area contributed by atoms with Crippen LogP contribution in [0.5, 0.6) is 0 Å². The fraction of sp³-hybridized carbons (Fsp3) is 0.167. The molecule has 38 heavy (non-hydrogen) atoms. The average Bonchev–Trinajstić information content (AvgIpc) is 2.96. The van der Waals surface area contributed by atoms with E-state index in [1.165, 1.54) is 0 Å². The summed E-state index contributed by atoms with van der Waals surface area (Å²) in [6.45, 7) is 5.76. The third-order valence-corrected chi connectivity index (χ3v) is 7.30. The smallest absolute Gasteiger partial charge is 0.192 e. The van der Waals surface area contributed by atoms with Gasteiger partial charge in [-0.1, -0.05) is 84.4 Å². The number of fused-ring (bicyclic) bond motifs is 1. The highest BCUT2D eigenvalue weighted by Crippen LogP contribution is 2.46. The zero-order chi connectivity index (χ0) is 27.4. The quantitative estimate of drug-likeness (QED) is 0.156. The SMILES string of the molecule is C=CN(C)/C(=C\C)C(N=O)(c1ccc(Cl)cc1)c1ccc2nc(N(C)OC)c(-c3ccccc3)c(Cl)c2c1. The first-order valence-corrected chi connectivity index (χ1v) is 12.7. The van der Waals surface area contributed by atoms with Crippen LogP contribution in [-0.2, 0) is 10.4 Å². The third-order valence-electron chi connectivity index (χ3n) is 6.65. The predicted octanol–water partition coefficient (Wildman–Crippen LogP) is 8.20. The number of halogens is 2. The van der Waals surface area contributed by atoms with E-state index >= 15 is 0 Å². The van der Waals surface area contributed by atoms with Crippen molar-refractivity contribution < 1.29 is 4.84 Å². The molecule has 6 nitrogen and oxygen atoms in total. The molecule has 194 valence electrons. The van der Waals surface area contributed by atoms with E-state index in [-0.39, 0.29) is 0 Å². The molecule has 0 N–H and O–H groups in total. The van der Waals surface area contributed by atoms with Crippen LogP contribution in [0.25, 0.3) is 22.0 Å². The van der Waals surface area contributed by atoms with Gasteiger partial charge in [0.25, 0.3) is 0 Å². The molecule has 1 unspecified atom stereocenters. The minimum atomic E-state index is -1.41. The average molecular weight is 547 g/mol. The second-order valence-electron chi connectivity index (χ2n) is 8.68. The van der Waals surface area contributed by atoms with E-state index in [0.717, 1.165) is 5.56 Å². The van der Waals surface area contributed by atoms with Crippen molar-refractivity contribution >= 4 is 39.9 Å². The fourth-order valence-electron chi connectivity index (χ4n) is 4.68. The largest absolute Gasteiger partial charge is 0.353 e. The van der Waals surface area contributed by atoms with Crippen LogP contribution in [0.1, 0.15) is 18.1 Å². The second-order valence-corrected chi connectivity index (χ2v) is 9.49. The van der Waals surface area contributed by atoms with Gasteiger partial charge in [-0.15, -0.1) is 4.91 Å². The van der Waals surface area contributed by atoms with Gasteiger partial charge in [0, 0.05) is 30.1 Å². The van der Waals surface area contributed by atoms with Gasteiger partial charge in [0.1, 0.15) is 0 Å². The maximum Gasteiger partial charge on any atom is 0.192 e. The van der Waals surface area contributed by atoms with Crippen molar-refractivity contribution in [3.63, 3.8) is 0 Å². The van der Waals surface area contributed by atoms with E-state index in [0.29, 0.717) is 49.2 Å². The lowest BCUT2D eigenvalue weighted by atomic mass is 9.79. The minimum Gasteiger partial charge on any atom is -0.353 e. The molecule has 0 aliphatic heterocycles. The maximum atomic E-state index is 13.0. The van der Waals surface area contributed by atoms with Crippen molar-refractivity contribution in [1.82, 2.24) is 9.88 Å². The van der Waals surface area contributed by atoms with Crippen LogP contribution in [0.15, 0.2) is 103 Å². The molecule has 0 saturated heterocycles. The Bertz CT molecular complexity index is 1510. The predicted molar refractivity (Wildman–Crippen MR) is 157 cm³/mol. The highest BCUT2D eigenvalue weighted by molar-refractivity contribution is 6.38. The lowest BCUT2D eigenvalue weighted by molar-refractivity contribution is 0.183. The first kappa shape index (κ1) is 27.3. The highest BCUT2D eigenvalue weighted by Gasteiger charge is 2.42. The zero-order valence-electron chi connectivity index (χ0n) is 21.7. The summed E-state index contributed by atoms with van der Waals surface area (Å²) in [5.41, 5.74) is 2.75. The number of hydroxylamine groups is 1. The second kappa shape index (κ2) is 11.4. The summed E-state index contributed by atoms with van der Waals surface area (Å²) in [6, 6.07) is 22.4. The van der Waals surface area contributed by atoms with E-state index in [4.69, 9.17) is 33.0 Å². The van der Waals surface area contributed by atoms with Crippen LogP contribution >= 0.6 is 23.2 Å². The Morgan fingerprint density at radius 3 is 2.26 bits per heavy atom. The molecule has 0 spiro atoms.